The van der Waals surface area contributed by atoms with Crippen molar-refractivity contribution in [2.75, 3.05) is 7.05 Å². The molecule has 1 fully saturated rings. The van der Waals surface area contributed by atoms with Crippen LogP contribution in [0.15, 0.2) is 0 Å². The summed E-state index contributed by atoms with van der Waals surface area (Å²) in [5.74, 6) is -0.844. The molecule has 1 heterocycles. The highest BCUT2D eigenvalue weighted by molar-refractivity contribution is 6.01. The zero-order chi connectivity index (χ0) is 13.9. The number of rotatable bonds is 2. The maximum absolute atomic E-state index is 11.7. The van der Waals surface area contributed by atoms with E-state index >= 15 is 0 Å². The van der Waals surface area contributed by atoms with Gasteiger partial charge in [-0.2, -0.15) is 5.06 Å². The standard InChI is InChI=1S/C11H19N3O4/c1-11(2,3)18-14(10(17)12-4)7-5-6-8(15)13-9(7)16/h7H,5-6H2,1-4H3,(H,12,17)(H,13,15,16). The lowest BCUT2D eigenvalue weighted by atomic mass is 10.1. The highest BCUT2D eigenvalue weighted by Crippen LogP contribution is 2.18. The number of nitrogens with zero attached hydrogens (tertiary/aromatic N) is 1. The van der Waals surface area contributed by atoms with Gasteiger partial charge in [0.25, 0.3) is 5.91 Å². The second kappa shape index (κ2) is 5.34. The normalized spacial score (nSPS) is 20.3. The maximum Gasteiger partial charge on any atom is 0.341 e. The largest absolute Gasteiger partial charge is 0.341 e. The number of hydrogen-bond donors (Lipinski definition) is 2. The number of piperidine rings is 1. The summed E-state index contributed by atoms with van der Waals surface area (Å²) >= 11 is 0. The Kier molecular flexibility index (Phi) is 4.28. The van der Waals surface area contributed by atoms with Crippen LogP contribution >= 0.6 is 0 Å². The number of imide groups is 1. The molecular weight excluding hydrogens is 238 g/mol. The molecule has 1 saturated heterocycles. The SMILES string of the molecule is CNC(=O)N(OC(C)(C)C)C1CCC(=O)NC1=O. The van der Waals surface area contributed by atoms with Gasteiger partial charge in [-0.05, 0) is 27.2 Å². The van der Waals surface area contributed by atoms with Gasteiger partial charge in [-0.3, -0.25) is 19.7 Å². The van der Waals surface area contributed by atoms with Crippen LogP contribution < -0.4 is 10.6 Å². The Hall–Kier alpha value is -1.63. The van der Waals surface area contributed by atoms with Crippen molar-refractivity contribution in [3.8, 4) is 0 Å². The van der Waals surface area contributed by atoms with Gasteiger partial charge in [0.05, 0.1) is 5.60 Å². The lowest BCUT2D eigenvalue weighted by molar-refractivity contribution is -0.215. The van der Waals surface area contributed by atoms with Crippen molar-refractivity contribution in [1.82, 2.24) is 15.7 Å². The van der Waals surface area contributed by atoms with Crippen LogP contribution in [0.5, 0.6) is 0 Å². The predicted molar refractivity (Wildman–Crippen MR) is 63.3 cm³/mol. The quantitative estimate of drug-likeness (QED) is 0.545. The van der Waals surface area contributed by atoms with Gasteiger partial charge in [-0.25, -0.2) is 4.79 Å². The summed E-state index contributed by atoms with van der Waals surface area (Å²) in [5, 5.41) is 5.61. The van der Waals surface area contributed by atoms with E-state index in [0.29, 0.717) is 0 Å². The van der Waals surface area contributed by atoms with Crippen molar-refractivity contribution < 1.29 is 19.2 Å². The van der Waals surface area contributed by atoms with E-state index in [-0.39, 0.29) is 18.7 Å². The molecule has 7 heteroatoms. The minimum Gasteiger partial charge on any atom is -0.339 e. The fourth-order valence-electron chi connectivity index (χ4n) is 1.56. The zero-order valence-corrected chi connectivity index (χ0v) is 11.1. The summed E-state index contributed by atoms with van der Waals surface area (Å²) in [6.07, 6.45) is 0.450. The molecule has 1 rings (SSSR count). The molecule has 1 aliphatic rings. The Morgan fingerprint density at radius 2 is 2.06 bits per heavy atom. The van der Waals surface area contributed by atoms with Crippen LogP contribution in [-0.2, 0) is 14.4 Å². The molecule has 0 spiro atoms. The highest BCUT2D eigenvalue weighted by atomic mass is 16.7. The number of urea groups is 1. The topological polar surface area (TPSA) is 87.7 Å². The fourth-order valence-corrected chi connectivity index (χ4v) is 1.56. The van der Waals surface area contributed by atoms with Crippen LogP contribution in [0.1, 0.15) is 33.6 Å². The number of carbonyl (C=O) groups is 3. The lowest BCUT2D eigenvalue weighted by Gasteiger charge is -2.35. The van der Waals surface area contributed by atoms with Gasteiger partial charge in [0.1, 0.15) is 6.04 Å². The molecule has 0 bridgehead atoms. The molecule has 0 radical (unpaired) electrons. The zero-order valence-electron chi connectivity index (χ0n) is 11.1. The van der Waals surface area contributed by atoms with Gasteiger partial charge in [-0.1, -0.05) is 0 Å². The number of hydroxylamine groups is 2. The minimum atomic E-state index is -0.790. The van der Waals surface area contributed by atoms with E-state index in [9.17, 15) is 14.4 Å². The Morgan fingerprint density at radius 1 is 1.44 bits per heavy atom. The van der Waals surface area contributed by atoms with E-state index in [4.69, 9.17) is 4.84 Å². The van der Waals surface area contributed by atoms with Crippen LogP contribution in [0.2, 0.25) is 0 Å². The van der Waals surface area contributed by atoms with Gasteiger partial charge in [-0.15, -0.1) is 0 Å². The first-order valence-electron chi connectivity index (χ1n) is 5.78. The van der Waals surface area contributed by atoms with Crippen LogP contribution in [0.3, 0.4) is 0 Å². The monoisotopic (exact) mass is 257 g/mol. The molecule has 18 heavy (non-hydrogen) atoms. The molecule has 1 aliphatic heterocycles. The molecule has 1 atom stereocenters. The Labute approximate surface area is 106 Å². The van der Waals surface area contributed by atoms with Crippen molar-refractivity contribution in [3.63, 3.8) is 0 Å². The Morgan fingerprint density at radius 3 is 2.50 bits per heavy atom. The van der Waals surface area contributed by atoms with E-state index in [1.54, 1.807) is 20.8 Å². The molecular formula is C11H19N3O4. The van der Waals surface area contributed by atoms with Crippen molar-refractivity contribution >= 4 is 17.8 Å². The minimum absolute atomic E-state index is 0.192. The first kappa shape index (κ1) is 14.4. The summed E-state index contributed by atoms with van der Waals surface area (Å²) < 4.78 is 0. The summed E-state index contributed by atoms with van der Waals surface area (Å²) in [4.78, 5) is 40.0. The van der Waals surface area contributed by atoms with Crippen molar-refractivity contribution in [2.45, 2.75) is 45.3 Å². The van der Waals surface area contributed by atoms with Crippen LogP contribution in [-0.4, -0.2) is 41.6 Å². The van der Waals surface area contributed by atoms with Crippen molar-refractivity contribution in [1.29, 1.82) is 0 Å². The first-order chi connectivity index (χ1) is 8.24. The molecule has 1 unspecified atom stereocenters. The van der Waals surface area contributed by atoms with Gasteiger partial charge in [0.15, 0.2) is 0 Å². The van der Waals surface area contributed by atoms with E-state index in [0.717, 1.165) is 5.06 Å². The second-order valence-corrected chi connectivity index (χ2v) is 5.05. The third kappa shape index (κ3) is 3.69. The van der Waals surface area contributed by atoms with Gasteiger partial charge >= 0.3 is 6.03 Å². The number of hydrogen-bond acceptors (Lipinski definition) is 4. The average molecular weight is 257 g/mol. The lowest BCUT2D eigenvalue weighted by Crippen LogP contribution is -2.57. The highest BCUT2D eigenvalue weighted by Gasteiger charge is 2.37. The van der Waals surface area contributed by atoms with Crippen LogP contribution in [0.25, 0.3) is 0 Å². The average Bonchev–Trinajstić information content (AvgIpc) is 2.24. The third-order valence-electron chi connectivity index (χ3n) is 2.28. The molecule has 7 nitrogen and oxygen atoms in total. The number of nitrogens with one attached hydrogen (secondary N) is 2. The van der Waals surface area contributed by atoms with Crippen LogP contribution in [0, 0.1) is 0 Å². The van der Waals surface area contributed by atoms with Gasteiger partial charge < -0.3 is 5.32 Å². The smallest absolute Gasteiger partial charge is 0.339 e. The molecule has 0 aromatic carbocycles. The van der Waals surface area contributed by atoms with E-state index in [1.807, 2.05) is 0 Å². The van der Waals surface area contributed by atoms with Gasteiger partial charge in [0, 0.05) is 13.5 Å². The van der Waals surface area contributed by atoms with Crippen molar-refractivity contribution in [2.24, 2.45) is 0 Å². The van der Waals surface area contributed by atoms with Crippen molar-refractivity contribution in [3.05, 3.63) is 0 Å². The van der Waals surface area contributed by atoms with E-state index < -0.39 is 23.6 Å². The van der Waals surface area contributed by atoms with Gasteiger partial charge in [0.2, 0.25) is 5.91 Å². The maximum atomic E-state index is 11.7. The number of carbonyl (C=O) groups excluding carboxylic acids is 3. The predicted octanol–water partition coefficient (Wildman–Crippen LogP) is 0.163. The summed E-state index contributed by atoms with van der Waals surface area (Å²) in [5.41, 5.74) is -0.617. The molecule has 0 aromatic rings. The molecule has 4 amide bonds. The third-order valence-corrected chi connectivity index (χ3v) is 2.28. The fraction of sp³-hybridized carbons (Fsp3) is 0.727. The number of amides is 4. The summed E-state index contributed by atoms with van der Waals surface area (Å²) in [6.45, 7) is 5.32. The van der Waals surface area contributed by atoms with E-state index in [1.165, 1.54) is 7.05 Å². The second-order valence-electron chi connectivity index (χ2n) is 5.05. The Balaban J connectivity index is 2.86. The molecule has 0 saturated carbocycles. The summed E-state index contributed by atoms with van der Waals surface area (Å²) in [6, 6.07) is -1.30. The van der Waals surface area contributed by atoms with E-state index in [2.05, 4.69) is 10.6 Å². The van der Waals surface area contributed by atoms with Crippen LogP contribution in [0.4, 0.5) is 4.79 Å². The molecule has 0 aromatic heterocycles. The molecule has 0 aliphatic carbocycles. The molecule has 2 N–H and O–H groups in total. The Bertz CT molecular complexity index is 362. The first-order valence-corrected chi connectivity index (χ1v) is 5.78. The molecule has 102 valence electrons. The summed E-state index contributed by atoms with van der Waals surface area (Å²) in [7, 11) is 1.45.